The quantitative estimate of drug-likeness (QED) is 0.0769. The molecule has 5 aromatic carbocycles. The fourth-order valence-corrected chi connectivity index (χ4v) is 5.71. The Labute approximate surface area is 288 Å². The number of hydrogen-bond acceptors (Lipinski definition) is 4. The molecule has 12 heteroatoms. The maximum atomic E-state index is 13.5. The summed E-state index contributed by atoms with van der Waals surface area (Å²) in [6, 6.07) is 31.6. The van der Waals surface area contributed by atoms with Gasteiger partial charge in [0.15, 0.2) is 0 Å². The van der Waals surface area contributed by atoms with Gasteiger partial charge in [0.25, 0.3) is 11.8 Å². The van der Waals surface area contributed by atoms with Crippen LogP contribution in [0, 0.1) is 5.82 Å². The van der Waals surface area contributed by atoms with Gasteiger partial charge >= 0.3 is 6.18 Å². The number of thioether (sulfide) groups is 1. The second-order valence-electron chi connectivity index (χ2n) is 10.5. The standard InChI is InChI=1S/C37H26ClF4N3O3S/c38-30-20-13-26(37(40,41)42)22-31(30)44-36(48)33(24-7-3-1-4-8-24)49-29-18-16-28(17-19-29)43-35(47)32(21-23-11-14-27(39)15-12-23)45-34(46)25-9-5-2-6-10-25/h1-22,33H,(H,43,47)(H,44,48)(H,45,46)/b32-21-. The summed E-state index contributed by atoms with van der Waals surface area (Å²) in [5, 5.41) is 6.94. The molecule has 0 aromatic heterocycles. The van der Waals surface area contributed by atoms with Gasteiger partial charge in [0, 0.05) is 16.1 Å². The molecule has 0 fully saturated rings. The van der Waals surface area contributed by atoms with Crippen molar-refractivity contribution in [1.29, 1.82) is 0 Å². The molecule has 0 saturated carbocycles. The van der Waals surface area contributed by atoms with Gasteiger partial charge in [-0.05, 0) is 83.9 Å². The fraction of sp³-hybridized carbons (Fsp3) is 0.0541. The predicted octanol–water partition coefficient (Wildman–Crippen LogP) is 9.38. The number of halogens is 5. The van der Waals surface area contributed by atoms with Crippen molar-refractivity contribution in [3.05, 3.63) is 166 Å². The van der Waals surface area contributed by atoms with Crippen LogP contribution in [-0.2, 0) is 15.8 Å². The molecule has 0 bridgehead atoms. The van der Waals surface area contributed by atoms with Crippen LogP contribution < -0.4 is 16.0 Å². The lowest BCUT2D eigenvalue weighted by Gasteiger charge is -2.19. The highest BCUT2D eigenvalue weighted by atomic mass is 35.5. The summed E-state index contributed by atoms with van der Waals surface area (Å²) < 4.78 is 53.4. The first-order valence-electron chi connectivity index (χ1n) is 14.6. The lowest BCUT2D eigenvalue weighted by Crippen LogP contribution is -2.30. The van der Waals surface area contributed by atoms with Crippen LogP contribution in [0.1, 0.15) is 32.3 Å². The molecule has 5 aromatic rings. The summed E-state index contributed by atoms with van der Waals surface area (Å²) in [6.45, 7) is 0. The second kappa shape index (κ2) is 15.7. The molecule has 248 valence electrons. The molecule has 49 heavy (non-hydrogen) atoms. The molecule has 0 saturated heterocycles. The zero-order chi connectivity index (χ0) is 35.0. The first-order chi connectivity index (χ1) is 23.5. The fourth-order valence-electron chi connectivity index (χ4n) is 4.52. The van der Waals surface area contributed by atoms with Crippen LogP contribution in [0.25, 0.3) is 6.08 Å². The van der Waals surface area contributed by atoms with E-state index in [0.717, 1.165) is 30.0 Å². The van der Waals surface area contributed by atoms with Gasteiger partial charge in [-0.25, -0.2) is 4.39 Å². The van der Waals surface area contributed by atoms with Crippen molar-refractivity contribution >= 4 is 58.5 Å². The van der Waals surface area contributed by atoms with Gasteiger partial charge in [-0.1, -0.05) is 72.3 Å². The number of amides is 3. The third-order valence-corrected chi connectivity index (χ3v) is 8.56. The Balaban J connectivity index is 1.34. The zero-order valence-electron chi connectivity index (χ0n) is 25.3. The second-order valence-corrected chi connectivity index (χ2v) is 12.1. The highest BCUT2D eigenvalue weighted by molar-refractivity contribution is 8.00. The molecule has 0 aliphatic rings. The van der Waals surface area contributed by atoms with Crippen molar-refractivity contribution in [2.24, 2.45) is 0 Å². The average Bonchev–Trinajstić information content (AvgIpc) is 3.09. The molecule has 3 N–H and O–H groups in total. The molecule has 1 atom stereocenters. The Morgan fingerprint density at radius 3 is 2.02 bits per heavy atom. The maximum Gasteiger partial charge on any atom is 0.416 e. The first kappa shape index (κ1) is 34.9. The minimum atomic E-state index is -4.63. The van der Waals surface area contributed by atoms with Crippen molar-refractivity contribution in [3.63, 3.8) is 0 Å². The van der Waals surface area contributed by atoms with Crippen molar-refractivity contribution in [2.45, 2.75) is 16.3 Å². The molecular formula is C37H26ClF4N3O3S. The molecule has 1 unspecified atom stereocenters. The van der Waals surface area contributed by atoms with Gasteiger partial charge in [0.05, 0.1) is 16.3 Å². The molecule has 0 heterocycles. The van der Waals surface area contributed by atoms with Crippen LogP contribution in [-0.4, -0.2) is 17.7 Å². The Hall–Kier alpha value is -5.39. The molecular weight excluding hydrogens is 678 g/mol. The number of carbonyl (C=O) groups is 3. The van der Waals surface area contributed by atoms with Crippen LogP contribution in [0.5, 0.6) is 0 Å². The SMILES string of the molecule is O=C(Nc1ccc(SC(C(=O)Nc2cc(C(F)(F)F)ccc2Cl)c2ccccc2)cc1)/C(=C/c1ccc(F)cc1)NC(=O)c1ccccc1. The van der Waals surface area contributed by atoms with E-state index in [1.807, 2.05) is 0 Å². The third kappa shape index (κ3) is 9.59. The van der Waals surface area contributed by atoms with E-state index < -0.39 is 40.5 Å². The number of anilines is 2. The number of nitrogens with one attached hydrogen (secondary N) is 3. The van der Waals surface area contributed by atoms with Crippen molar-refractivity contribution in [2.75, 3.05) is 10.6 Å². The predicted molar refractivity (Wildman–Crippen MR) is 183 cm³/mol. The topological polar surface area (TPSA) is 87.3 Å². The molecule has 0 aliphatic heterocycles. The molecule has 3 amide bonds. The van der Waals surface area contributed by atoms with Gasteiger partial charge in [-0.2, -0.15) is 13.2 Å². The lowest BCUT2D eigenvalue weighted by atomic mass is 10.1. The summed E-state index contributed by atoms with van der Waals surface area (Å²) in [5.41, 5.74) is 0.541. The van der Waals surface area contributed by atoms with Gasteiger partial charge < -0.3 is 16.0 Å². The number of rotatable bonds is 10. The summed E-state index contributed by atoms with van der Waals surface area (Å²) in [4.78, 5) is 40.3. The van der Waals surface area contributed by atoms with E-state index in [1.165, 1.54) is 30.3 Å². The van der Waals surface area contributed by atoms with Crippen LogP contribution in [0.15, 0.2) is 138 Å². The Morgan fingerprint density at radius 1 is 0.755 bits per heavy atom. The van der Waals surface area contributed by atoms with E-state index in [1.54, 1.807) is 84.9 Å². The highest BCUT2D eigenvalue weighted by Gasteiger charge is 2.32. The van der Waals surface area contributed by atoms with E-state index in [0.29, 0.717) is 27.3 Å². The van der Waals surface area contributed by atoms with Crippen LogP contribution >= 0.6 is 23.4 Å². The van der Waals surface area contributed by atoms with Crippen LogP contribution in [0.2, 0.25) is 5.02 Å². The van der Waals surface area contributed by atoms with Crippen molar-refractivity contribution in [3.8, 4) is 0 Å². The smallest absolute Gasteiger partial charge is 0.323 e. The first-order valence-corrected chi connectivity index (χ1v) is 15.9. The summed E-state index contributed by atoms with van der Waals surface area (Å²) >= 11 is 7.27. The van der Waals surface area contributed by atoms with E-state index >= 15 is 0 Å². The van der Waals surface area contributed by atoms with E-state index in [4.69, 9.17) is 11.6 Å². The van der Waals surface area contributed by atoms with Gasteiger partial charge in [0.1, 0.15) is 16.8 Å². The molecule has 0 radical (unpaired) electrons. The van der Waals surface area contributed by atoms with Crippen LogP contribution in [0.3, 0.4) is 0 Å². The molecule has 0 spiro atoms. The summed E-state index contributed by atoms with van der Waals surface area (Å²) in [6.07, 6.45) is -3.21. The Morgan fingerprint density at radius 2 is 1.39 bits per heavy atom. The monoisotopic (exact) mass is 703 g/mol. The summed E-state index contributed by atoms with van der Waals surface area (Å²) in [5.74, 6) is -2.22. The minimum absolute atomic E-state index is 0.0499. The van der Waals surface area contributed by atoms with Gasteiger partial charge in [-0.15, -0.1) is 11.8 Å². The Kier molecular flexibility index (Phi) is 11.2. The normalized spacial score (nSPS) is 12.1. The van der Waals surface area contributed by atoms with Crippen LogP contribution in [0.4, 0.5) is 28.9 Å². The van der Waals surface area contributed by atoms with Gasteiger partial charge in [0.2, 0.25) is 5.91 Å². The average molecular weight is 704 g/mol. The number of carbonyl (C=O) groups excluding carboxylic acids is 3. The van der Waals surface area contributed by atoms with Crippen molar-refractivity contribution < 1.29 is 31.9 Å². The molecule has 5 rings (SSSR count). The lowest BCUT2D eigenvalue weighted by molar-refractivity contribution is -0.137. The third-order valence-electron chi connectivity index (χ3n) is 6.97. The maximum absolute atomic E-state index is 13.5. The number of hydrogen-bond donors (Lipinski definition) is 3. The van der Waals surface area contributed by atoms with Gasteiger partial charge in [-0.3, -0.25) is 14.4 Å². The van der Waals surface area contributed by atoms with E-state index in [9.17, 15) is 31.9 Å². The number of alkyl halides is 3. The Bertz CT molecular complexity index is 1970. The molecule has 0 aliphatic carbocycles. The number of benzene rings is 5. The largest absolute Gasteiger partial charge is 0.416 e. The van der Waals surface area contributed by atoms with E-state index in [-0.39, 0.29) is 16.4 Å². The van der Waals surface area contributed by atoms with Crippen molar-refractivity contribution in [1.82, 2.24) is 5.32 Å². The van der Waals surface area contributed by atoms with E-state index in [2.05, 4.69) is 16.0 Å². The zero-order valence-corrected chi connectivity index (χ0v) is 26.9. The highest BCUT2D eigenvalue weighted by Crippen LogP contribution is 2.38. The minimum Gasteiger partial charge on any atom is -0.323 e. The summed E-state index contributed by atoms with van der Waals surface area (Å²) in [7, 11) is 0. The molecule has 6 nitrogen and oxygen atoms in total.